The molecule has 0 amide bonds. The molecule has 0 saturated heterocycles. The molecule has 4 nitrogen and oxygen atoms in total. The van der Waals surface area contributed by atoms with Crippen molar-refractivity contribution in [2.45, 2.75) is 25.7 Å². The lowest BCUT2D eigenvalue weighted by Crippen LogP contribution is -2.23. The van der Waals surface area contributed by atoms with Gasteiger partial charge in [-0.1, -0.05) is 12.8 Å². The summed E-state index contributed by atoms with van der Waals surface area (Å²) in [6.45, 7) is 1.83. The minimum atomic E-state index is 0.913. The summed E-state index contributed by atoms with van der Waals surface area (Å²) in [6, 6.07) is 0. The van der Waals surface area contributed by atoms with E-state index in [9.17, 15) is 0 Å². The summed E-state index contributed by atoms with van der Waals surface area (Å²) >= 11 is 0. The third kappa shape index (κ3) is 7.84. The lowest BCUT2D eigenvalue weighted by molar-refractivity contribution is 0.577. The number of hydrazine groups is 2. The summed E-state index contributed by atoms with van der Waals surface area (Å²) < 4.78 is 0. The Balaban J connectivity index is 2.65. The molecule has 0 aromatic heterocycles. The maximum atomic E-state index is 5.09. The first-order valence-corrected chi connectivity index (χ1v) is 3.78. The predicted molar refractivity (Wildman–Crippen MR) is 42.8 cm³/mol. The summed E-state index contributed by atoms with van der Waals surface area (Å²) in [4.78, 5) is 0. The Hall–Kier alpha value is -0.160. The van der Waals surface area contributed by atoms with Crippen molar-refractivity contribution in [2.24, 2.45) is 11.7 Å². The van der Waals surface area contributed by atoms with Crippen LogP contribution in [0.1, 0.15) is 25.7 Å². The van der Waals surface area contributed by atoms with E-state index in [1.165, 1.54) is 12.8 Å². The van der Waals surface area contributed by atoms with Crippen LogP contribution >= 0.6 is 0 Å². The Bertz CT molecular complexity index is 49.7. The molecule has 62 valence electrons. The van der Waals surface area contributed by atoms with Crippen LogP contribution in [0.2, 0.25) is 0 Å². The third-order valence-electron chi connectivity index (χ3n) is 1.39. The van der Waals surface area contributed by atoms with Crippen molar-refractivity contribution in [3.8, 4) is 0 Å². The fourth-order valence-corrected chi connectivity index (χ4v) is 0.808. The van der Waals surface area contributed by atoms with Gasteiger partial charge in [-0.3, -0.25) is 22.5 Å². The largest absolute Gasteiger partial charge is 0.271 e. The fraction of sp³-hybridized carbons (Fsp3) is 1.00. The first kappa shape index (κ1) is 9.84. The van der Waals surface area contributed by atoms with Gasteiger partial charge in [0.15, 0.2) is 0 Å². The molecule has 0 fully saturated rings. The molecule has 10 heavy (non-hydrogen) atoms. The topological polar surface area (TPSA) is 76.1 Å². The molecule has 0 rings (SSSR count). The van der Waals surface area contributed by atoms with Crippen LogP contribution in [-0.4, -0.2) is 13.1 Å². The number of nitrogens with two attached hydrogens (primary N) is 2. The van der Waals surface area contributed by atoms with Crippen molar-refractivity contribution in [1.29, 1.82) is 0 Å². The van der Waals surface area contributed by atoms with Crippen LogP contribution in [0.5, 0.6) is 0 Å². The average Bonchev–Trinajstić information content (AvgIpc) is 1.97. The molecule has 4 heteroatoms. The zero-order chi connectivity index (χ0) is 7.66. The monoisotopic (exact) mass is 146 g/mol. The second-order valence-electron chi connectivity index (χ2n) is 2.32. The number of hydrogen-bond donors (Lipinski definition) is 4. The van der Waals surface area contributed by atoms with Gasteiger partial charge in [-0.15, -0.1) is 0 Å². The quantitative estimate of drug-likeness (QED) is 0.221. The number of nitrogens with one attached hydrogen (secondary N) is 2. The molecule has 0 aliphatic heterocycles. The molecule has 0 aliphatic rings. The standard InChI is InChI=1S/C6H18N4/c7-9-5-3-1-2-4-6-10-8/h9-10H,1-8H2. The molecule has 0 atom stereocenters. The molecule has 0 radical (unpaired) electrons. The Morgan fingerprint density at radius 3 is 1.40 bits per heavy atom. The normalized spacial score (nSPS) is 10.2. The maximum Gasteiger partial charge on any atom is 0.00974 e. The van der Waals surface area contributed by atoms with Gasteiger partial charge in [0.25, 0.3) is 0 Å². The highest BCUT2D eigenvalue weighted by atomic mass is 15.2. The summed E-state index contributed by atoms with van der Waals surface area (Å²) in [5, 5.41) is 0. The number of unbranched alkanes of at least 4 members (excludes halogenated alkanes) is 3. The molecule has 0 aromatic carbocycles. The third-order valence-corrected chi connectivity index (χ3v) is 1.39. The molecule has 0 bridgehead atoms. The first-order valence-electron chi connectivity index (χ1n) is 3.78. The van der Waals surface area contributed by atoms with Gasteiger partial charge in [0, 0.05) is 13.1 Å². The molecule has 6 N–H and O–H groups in total. The summed E-state index contributed by atoms with van der Waals surface area (Å²) in [6.07, 6.45) is 4.76. The first-order chi connectivity index (χ1) is 4.91. The summed E-state index contributed by atoms with van der Waals surface area (Å²) in [7, 11) is 0. The van der Waals surface area contributed by atoms with E-state index in [1.54, 1.807) is 0 Å². The van der Waals surface area contributed by atoms with E-state index >= 15 is 0 Å². The molecule has 0 aromatic rings. The Kier molecular flexibility index (Phi) is 8.70. The highest BCUT2D eigenvalue weighted by molar-refractivity contribution is 4.45. The van der Waals surface area contributed by atoms with Crippen molar-refractivity contribution < 1.29 is 0 Å². The van der Waals surface area contributed by atoms with Gasteiger partial charge in [0.1, 0.15) is 0 Å². The Morgan fingerprint density at radius 1 is 0.700 bits per heavy atom. The summed E-state index contributed by atoms with van der Waals surface area (Å²) in [5.74, 6) is 10.2. The van der Waals surface area contributed by atoms with Crippen LogP contribution in [0.4, 0.5) is 0 Å². The zero-order valence-corrected chi connectivity index (χ0v) is 6.40. The van der Waals surface area contributed by atoms with E-state index in [-0.39, 0.29) is 0 Å². The molecule has 0 unspecified atom stereocenters. The van der Waals surface area contributed by atoms with Crippen molar-refractivity contribution in [1.82, 2.24) is 10.9 Å². The van der Waals surface area contributed by atoms with Crippen molar-refractivity contribution in [3.63, 3.8) is 0 Å². The van der Waals surface area contributed by atoms with Gasteiger partial charge in [0.05, 0.1) is 0 Å². The van der Waals surface area contributed by atoms with Crippen molar-refractivity contribution in [3.05, 3.63) is 0 Å². The second-order valence-corrected chi connectivity index (χ2v) is 2.32. The van der Waals surface area contributed by atoms with Crippen LogP contribution in [0.3, 0.4) is 0 Å². The van der Waals surface area contributed by atoms with Gasteiger partial charge in [-0.05, 0) is 12.8 Å². The van der Waals surface area contributed by atoms with E-state index in [4.69, 9.17) is 11.7 Å². The fourth-order valence-electron chi connectivity index (χ4n) is 0.808. The highest BCUT2D eigenvalue weighted by Crippen LogP contribution is 1.96. The van der Waals surface area contributed by atoms with Gasteiger partial charge in [0.2, 0.25) is 0 Å². The molecular formula is C6H18N4. The Labute approximate surface area is 62.3 Å². The summed E-state index contributed by atoms with van der Waals surface area (Å²) in [5.41, 5.74) is 5.24. The average molecular weight is 146 g/mol. The molecular weight excluding hydrogens is 128 g/mol. The van der Waals surface area contributed by atoms with E-state index in [2.05, 4.69) is 10.9 Å². The van der Waals surface area contributed by atoms with Crippen LogP contribution in [0.15, 0.2) is 0 Å². The van der Waals surface area contributed by atoms with Crippen LogP contribution in [0.25, 0.3) is 0 Å². The highest BCUT2D eigenvalue weighted by Gasteiger charge is 1.87. The molecule has 0 spiro atoms. The van der Waals surface area contributed by atoms with Crippen LogP contribution < -0.4 is 22.5 Å². The minimum absolute atomic E-state index is 0.913. The lowest BCUT2D eigenvalue weighted by atomic mass is 10.2. The minimum Gasteiger partial charge on any atom is -0.271 e. The smallest absolute Gasteiger partial charge is 0.00974 e. The van der Waals surface area contributed by atoms with E-state index in [0.29, 0.717) is 0 Å². The number of rotatable bonds is 7. The van der Waals surface area contributed by atoms with E-state index < -0.39 is 0 Å². The van der Waals surface area contributed by atoms with Crippen molar-refractivity contribution in [2.75, 3.05) is 13.1 Å². The molecule has 0 saturated carbocycles. The zero-order valence-electron chi connectivity index (χ0n) is 6.40. The van der Waals surface area contributed by atoms with Crippen LogP contribution in [0, 0.1) is 0 Å². The lowest BCUT2D eigenvalue weighted by Gasteiger charge is -1.99. The molecule has 0 heterocycles. The molecule has 0 aliphatic carbocycles. The van der Waals surface area contributed by atoms with Gasteiger partial charge >= 0.3 is 0 Å². The van der Waals surface area contributed by atoms with Gasteiger partial charge in [-0.25, -0.2) is 0 Å². The maximum absolute atomic E-state index is 5.09. The van der Waals surface area contributed by atoms with Gasteiger partial charge in [-0.2, -0.15) is 0 Å². The van der Waals surface area contributed by atoms with Gasteiger partial charge < -0.3 is 0 Å². The number of hydrogen-bond acceptors (Lipinski definition) is 4. The second kappa shape index (κ2) is 8.84. The van der Waals surface area contributed by atoms with Crippen molar-refractivity contribution >= 4 is 0 Å². The van der Waals surface area contributed by atoms with E-state index in [0.717, 1.165) is 25.9 Å². The predicted octanol–water partition coefficient (Wildman–Crippen LogP) is -0.527. The Morgan fingerprint density at radius 2 is 1.10 bits per heavy atom. The van der Waals surface area contributed by atoms with Crippen LogP contribution in [-0.2, 0) is 0 Å². The SMILES string of the molecule is NNCCCCCCNN. The van der Waals surface area contributed by atoms with E-state index in [1.807, 2.05) is 0 Å².